The molecule has 2 bridgehead atoms. The summed E-state index contributed by atoms with van der Waals surface area (Å²) in [7, 11) is 0. The second kappa shape index (κ2) is 5.58. The average Bonchev–Trinajstić information content (AvgIpc) is 3.05. The molecule has 2 aliphatic heterocycles. The van der Waals surface area contributed by atoms with E-state index >= 15 is 0 Å². The fourth-order valence-corrected chi connectivity index (χ4v) is 6.06. The third kappa shape index (κ3) is 1.91. The number of ketones is 1. The molecule has 5 nitrogen and oxygen atoms in total. The van der Waals surface area contributed by atoms with Crippen LogP contribution >= 0.6 is 0 Å². The molecule has 144 valence electrons. The number of rotatable bonds is 3. The maximum atomic E-state index is 12.9. The van der Waals surface area contributed by atoms with Crippen LogP contribution in [0.25, 0.3) is 0 Å². The summed E-state index contributed by atoms with van der Waals surface area (Å²) in [4.78, 5) is 12.9. The van der Waals surface area contributed by atoms with Gasteiger partial charge in [0.05, 0.1) is 11.0 Å². The summed E-state index contributed by atoms with van der Waals surface area (Å²) in [5.41, 5.74) is 1.68. The molecule has 6 rings (SSSR count). The first-order chi connectivity index (χ1) is 13.6. The number of Topliss-reactive ketones (excluding diaryl/α,β-unsaturated/α-hetero) is 1. The zero-order chi connectivity index (χ0) is 18.9. The number of ether oxygens (including phenoxy) is 2. The molecule has 0 radical (unpaired) electrons. The molecule has 2 fully saturated rings. The zero-order valence-electron chi connectivity index (χ0n) is 15.6. The van der Waals surface area contributed by atoms with E-state index in [1.807, 2.05) is 36.4 Å². The second-order valence-electron chi connectivity index (χ2n) is 8.52. The Morgan fingerprint density at radius 2 is 2.04 bits per heavy atom. The first-order valence-electron chi connectivity index (χ1n) is 10.1. The topological polar surface area (TPSA) is 67.8 Å². The Labute approximate surface area is 163 Å². The highest BCUT2D eigenvalue weighted by Gasteiger charge is 2.71. The molecule has 4 aliphatic rings. The summed E-state index contributed by atoms with van der Waals surface area (Å²) >= 11 is 0. The lowest BCUT2D eigenvalue weighted by atomic mass is 9.49. The minimum atomic E-state index is -0.944. The van der Waals surface area contributed by atoms with Crippen LogP contribution in [0, 0.1) is 0 Å². The smallest absolute Gasteiger partial charge is 0.174 e. The molecule has 1 saturated carbocycles. The third-order valence-corrected chi connectivity index (χ3v) is 7.30. The van der Waals surface area contributed by atoms with Crippen molar-refractivity contribution in [1.29, 1.82) is 0 Å². The summed E-state index contributed by atoms with van der Waals surface area (Å²) in [6, 6.07) is 14.0. The maximum absolute atomic E-state index is 12.9. The van der Waals surface area contributed by atoms with E-state index in [2.05, 4.69) is 11.4 Å². The van der Waals surface area contributed by atoms with Crippen LogP contribution in [0.2, 0.25) is 0 Å². The summed E-state index contributed by atoms with van der Waals surface area (Å²) < 4.78 is 12.4. The van der Waals surface area contributed by atoms with Crippen molar-refractivity contribution in [2.24, 2.45) is 0 Å². The van der Waals surface area contributed by atoms with Gasteiger partial charge < -0.3 is 19.9 Å². The summed E-state index contributed by atoms with van der Waals surface area (Å²) in [5.74, 6) is 1.44. The van der Waals surface area contributed by atoms with Gasteiger partial charge in [0.25, 0.3) is 0 Å². The van der Waals surface area contributed by atoms with E-state index in [4.69, 9.17) is 9.47 Å². The molecule has 2 heterocycles. The Kier molecular flexibility index (Phi) is 3.30. The Morgan fingerprint density at radius 1 is 1.18 bits per heavy atom. The van der Waals surface area contributed by atoms with Crippen molar-refractivity contribution in [3.63, 3.8) is 0 Å². The molecule has 0 unspecified atom stereocenters. The van der Waals surface area contributed by atoms with Crippen molar-refractivity contribution < 1.29 is 19.4 Å². The van der Waals surface area contributed by atoms with Crippen molar-refractivity contribution in [3.8, 4) is 11.5 Å². The van der Waals surface area contributed by atoms with Crippen LogP contribution in [-0.4, -0.2) is 35.2 Å². The van der Waals surface area contributed by atoms with Gasteiger partial charge in [-0.3, -0.25) is 4.79 Å². The second-order valence-corrected chi connectivity index (χ2v) is 8.52. The van der Waals surface area contributed by atoms with Crippen molar-refractivity contribution in [1.82, 2.24) is 5.32 Å². The molecule has 2 N–H and O–H groups in total. The molecule has 2 aromatic rings. The molecular formula is C23H23NO4. The van der Waals surface area contributed by atoms with Gasteiger partial charge in [0.15, 0.2) is 23.4 Å². The number of hydrogen-bond acceptors (Lipinski definition) is 5. The fourth-order valence-electron chi connectivity index (χ4n) is 6.06. The first-order valence-corrected chi connectivity index (χ1v) is 10.1. The number of hydrogen-bond donors (Lipinski definition) is 2. The van der Waals surface area contributed by atoms with E-state index in [-0.39, 0.29) is 11.8 Å². The van der Waals surface area contributed by atoms with Crippen LogP contribution in [0.4, 0.5) is 0 Å². The molecule has 0 aromatic heterocycles. The van der Waals surface area contributed by atoms with Crippen molar-refractivity contribution in [2.45, 2.75) is 55.5 Å². The van der Waals surface area contributed by atoms with Gasteiger partial charge in [0.2, 0.25) is 0 Å². The quantitative estimate of drug-likeness (QED) is 0.859. The Balaban J connectivity index is 1.48. The number of piperidine rings is 1. The molecule has 1 saturated heterocycles. The summed E-state index contributed by atoms with van der Waals surface area (Å²) in [6.07, 6.45) is 1.72. The largest absolute Gasteiger partial charge is 0.485 e. The first kappa shape index (κ1) is 16.6. The summed E-state index contributed by atoms with van der Waals surface area (Å²) in [5, 5.41) is 15.3. The molecule has 4 atom stereocenters. The third-order valence-electron chi connectivity index (χ3n) is 7.30. The van der Waals surface area contributed by atoms with Gasteiger partial charge in [0.1, 0.15) is 6.61 Å². The van der Waals surface area contributed by atoms with E-state index in [9.17, 15) is 9.90 Å². The predicted molar refractivity (Wildman–Crippen MR) is 103 cm³/mol. The fraction of sp³-hybridized carbons (Fsp3) is 0.435. The number of nitrogens with one attached hydrogen (secondary N) is 1. The Morgan fingerprint density at radius 3 is 2.89 bits per heavy atom. The monoisotopic (exact) mass is 377 g/mol. The van der Waals surface area contributed by atoms with Crippen molar-refractivity contribution in [2.75, 3.05) is 6.54 Å². The molecular weight excluding hydrogens is 354 g/mol. The highest BCUT2D eigenvalue weighted by molar-refractivity contribution is 5.90. The minimum Gasteiger partial charge on any atom is -0.485 e. The van der Waals surface area contributed by atoms with Crippen LogP contribution in [0.15, 0.2) is 42.5 Å². The van der Waals surface area contributed by atoms with Crippen LogP contribution < -0.4 is 14.8 Å². The summed E-state index contributed by atoms with van der Waals surface area (Å²) in [6.45, 7) is 1.23. The van der Waals surface area contributed by atoms with Gasteiger partial charge in [-0.05, 0) is 43.0 Å². The maximum Gasteiger partial charge on any atom is 0.174 e. The molecule has 1 spiro atoms. The van der Waals surface area contributed by atoms with Crippen LogP contribution in [0.1, 0.15) is 36.0 Å². The lowest BCUT2D eigenvalue weighted by Crippen LogP contribution is -2.76. The molecule has 2 aliphatic carbocycles. The van der Waals surface area contributed by atoms with E-state index in [1.54, 1.807) is 0 Å². The van der Waals surface area contributed by atoms with E-state index in [1.165, 1.54) is 5.56 Å². The zero-order valence-corrected chi connectivity index (χ0v) is 15.6. The molecule has 2 aromatic carbocycles. The Bertz CT molecular complexity index is 974. The van der Waals surface area contributed by atoms with E-state index < -0.39 is 17.1 Å². The highest BCUT2D eigenvalue weighted by Crippen LogP contribution is 2.63. The van der Waals surface area contributed by atoms with Gasteiger partial charge in [0, 0.05) is 18.0 Å². The van der Waals surface area contributed by atoms with Crippen LogP contribution in [0.3, 0.4) is 0 Å². The molecule has 5 heteroatoms. The predicted octanol–water partition coefficient (Wildman–Crippen LogP) is 2.28. The van der Waals surface area contributed by atoms with Gasteiger partial charge >= 0.3 is 0 Å². The molecule has 0 amide bonds. The van der Waals surface area contributed by atoms with Crippen LogP contribution in [0.5, 0.6) is 11.5 Å². The number of benzene rings is 2. The highest BCUT2D eigenvalue weighted by atomic mass is 16.5. The van der Waals surface area contributed by atoms with E-state index in [0.717, 1.165) is 24.1 Å². The van der Waals surface area contributed by atoms with E-state index in [0.29, 0.717) is 37.4 Å². The standard InChI is InChI=1S/C23H23NO4/c25-16-8-9-23(26)18-12-15-6-7-17(27-13-14-4-2-1-3-5-14)20-19(15)22(23,10-11-24-18)21(16)28-20/h1-7,18,21,24,26H,8-13H2/t18-,21+,22+,23-/m1/s1. The van der Waals surface area contributed by atoms with Gasteiger partial charge in [-0.15, -0.1) is 0 Å². The van der Waals surface area contributed by atoms with Crippen molar-refractivity contribution in [3.05, 3.63) is 59.2 Å². The number of carbonyl (C=O) groups excluding carboxylic acids is 1. The van der Waals surface area contributed by atoms with Gasteiger partial charge in [-0.1, -0.05) is 36.4 Å². The lowest BCUT2D eigenvalue weighted by Gasteiger charge is -2.59. The van der Waals surface area contributed by atoms with Crippen molar-refractivity contribution >= 4 is 5.78 Å². The average molecular weight is 377 g/mol. The number of carbonyl (C=O) groups is 1. The van der Waals surface area contributed by atoms with Gasteiger partial charge in [-0.2, -0.15) is 0 Å². The normalized spacial score (nSPS) is 34.5. The minimum absolute atomic E-state index is 0.0324. The van der Waals surface area contributed by atoms with Gasteiger partial charge in [-0.25, -0.2) is 0 Å². The SMILES string of the molecule is O=C1CC[C@@]2(O)[C@H]3Cc4ccc(OCc5ccccc5)c5c4[C@@]2(CCN3)[C@H]1O5. The number of aliphatic hydroxyl groups is 1. The Hall–Kier alpha value is -2.37. The molecule has 28 heavy (non-hydrogen) atoms. The lowest BCUT2D eigenvalue weighted by molar-refractivity contribution is -0.166. The van der Waals surface area contributed by atoms with Crippen LogP contribution in [-0.2, 0) is 23.2 Å².